The quantitative estimate of drug-likeness (QED) is 0.644. The third-order valence-electron chi connectivity index (χ3n) is 3.66. The molecule has 3 rings (SSSR count). The van der Waals surface area contributed by atoms with E-state index in [0.717, 1.165) is 30.1 Å². The first kappa shape index (κ1) is 13.4. The second-order valence-electron chi connectivity index (χ2n) is 4.98. The predicted molar refractivity (Wildman–Crippen MR) is 88.1 cm³/mol. The Labute approximate surface area is 129 Å². The molecule has 0 saturated heterocycles. The van der Waals surface area contributed by atoms with Crippen molar-refractivity contribution in [2.75, 3.05) is 12.3 Å². The van der Waals surface area contributed by atoms with Gasteiger partial charge in [-0.15, -0.1) is 0 Å². The molecule has 0 radical (unpaired) electrons. The molecule has 4 heteroatoms. The third-order valence-corrected chi connectivity index (χ3v) is 4.38. The van der Waals surface area contributed by atoms with Crippen molar-refractivity contribution in [1.29, 1.82) is 0 Å². The van der Waals surface area contributed by atoms with Gasteiger partial charge in [0.2, 0.25) is 0 Å². The highest BCUT2D eigenvalue weighted by atomic mass is 35.5. The summed E-state index contributed by atoms with van der Waals surface area (Å²) in [5, 5.41) is 0.661. The van der Waals surface area contributed by atoms with Crippen LogP contribution in [-0.4, -0.2) is 16.4 Å². The normalized spacial score (nSPS) is 13.9. The van der Waals surface area contributed by atoms with Gasteiger partial charge in [-0.2, -0.15) is 0 Å². The number of fused-ring (bicyclic) bond motifs is 1. The summed E-state index contributed by atoms with van der Waals surface area (Å²) in [7, 11) is 0. The lowest BCUT2D eigenvalue weighted by molar-refractivity contribution is 0.401. The molecular weight excluding hydrogens is 288 g/mol. The molecule has 0 aromatic heterocycles. The number of anilines is 1. The molecule has 0 unspecified atom stereocenters. The average molecular weight is 303 g/mol. The molecular formula is C16H15ClN2S. The molecule has 0 amide bonds. The van der Waals surface area contributed by atoms with E-state index in [0.29, 0.717) is 10.7 Å². The van der Waals surface area contributed by atoms with Gasteiger partial charge in [-0.1, -0.05) is 48.1 Å². The maximum Gasteiger partial charge on any atom is 0.111 e. The molecule has 0 aliphatic carbocycles. The predicted octanol–water partition coefficient (Wildman–Crippen LogP) is 3.66. The fraction of sp³-hybridized carbons (Fsp3) is 0.188. The van der Waals surface area contributed by atoms with E-state index in [1.54, 1.807) is 6.07 Å². The van der Waals surface area contributed by atoms with Crippen molar-refractivity contribution in [3.63, 3.8) is 0 Å². The lowest BCUT2D eigenvalue weighted by Crippen LogP contribution is -2.35. The number of thiocarbonyl (C=S) groups is 1. The summed E-state index contributed by atoms with van der Waals surface area (Å²) < 4.78 is 0. The highest BCUT2D eigenvalue weighted by Gasteiger charge is 2.20. The van der Waals surface area contributed by atoms with E-state index in [2.05, 4.69) is 29.2 Å². The van der Waals surface area contributed by atoms with E-state index in [1.165, 1.54) is 11.1 Å². The van der Waals surface area contributed by atoms with E-state index >= 15 is 0 Å². The first-order valence-corrected chi connectivity index (χ1v) is 7.35. The van der Waals surface area contributed by atoms with E-state index in [-0.39, 0.29) is 0 Å². The Hall–Kier alpha value is -1.58. The van der Waals surface area contributed by atoms with Crippen molar-refractivity contribution in [2.24, 2.45) is 0 Å². The number of hydrogen-bond donors (Lipinski definition) is 1. The Kier molecular flexibility index (Phi) is 3.64. The molecule has 0 bridgehead atoms. The molecule has 0 saturated carbocycles. The Balaban J connectivity index is 1.88. The van der Waals surface area contributed by atoms with Crippen LogP contribution in [0.5, 0.6) is 0 Å². The summed E-state index contributed by atoms with van der Waals surface area (Å²) in [4.78, 5) is 2.97. The standard InChI is InChI=1S/C16H15ClN2S/c17-13-5-6-15(18)14(9-13)16(20)19-8-7-11-3-1-2-4-12(11)10-19/h1-6,9H,7-8,10,18H2. The van der Waals surface area contributed by atoms with E-state index in [1.807, 2.05) is 12.1 Å². The largest absolute Gasteiger partial charge is 0.398 e. The van der Waals surface area contributed by atoms with Crippen LogP contribution in [0.2, 0.25) is 5.02 Å². The van der Waals surface area contributed by atoms with Gasteiger partial charge in [-0.3, -0.25) is 0 Å². The monoisotopic (exact) mass is 302 g/mol. The van der Waals surface area contributed by atoms with Gasteiger partial charge in [0.1, 0.15) is 4.99 Å². The summed E-state index contributed by atoms with van der Waals surface area (Å²) >= 11 is 11.7. The summed E-state index contributed by atoms with van der Waals surface area (Å²) in [6, 6.07) is 13.9. The van der Waals surface area contributed by atoms with Gasteiger partial charge in [0.05, 0.1) is 0 Å². The van der Waals surface area contributed by atoms with Crippen LogP contribution in [0.3, 0.4) is 0 Å². The van der Waals surface area contributed by atoms with Crippen molar-refractivity contribution in [2.45, 2.75) is 13.0 Å². The summed E-state index contributed by atoms with van der Waals surface area (Å²) in [5.74, 6) is 0. The number of nitrogens with zero attached hydrogens (tertiary/aromatic N) is 1. The topological polar surface area (TPSA) is 29.3 Å². The van der Waals surface area contributed by atoms with Crippen molar-refractivity contribution in [3.05, 3.63) is 64.2 Å². The maximum atomic E-state index is 6.05. The SMILES string of the molecule is Nc1ccc(Cl)cc1C(=S)N1CCc2ccccc2C1. The first-order chi connectivity index (χ1) is 9.65. The molecule has 0 spiro atoms. The zero-order valence-corrected chi connectivity index (χ0v) is 12.5. The van der Waals surface area contributed by atoms with Crippen molar-refractivity contribution in [3.8, 4) is 0 Å². The van der Waals surface area contributed by atoms with Crippen LogP contribution in [0.25, 0.3) is 0 Å². The van der Waals surface area contributed by atoms with E-state index in [4.69, 9.17) is 29.6 Å². The van der Waals surface area contributed by atoms with Gasteiger partial charge in [0, 0.05) is 29.4 Å². The molecule has 2 aromatic rings. The molecule has 1 heterocycles. The number of nitrogen functional groups attached to an aromatic ring is 1. The van der Waals surface area contributed by atoms with Gasteiger partial charge in [-0.05, 0) is 35.7 Å². The summed E-state index contributed by atoms with van der Waals surface area (Å²) in [5.41, 5.74) is 10.3. The Morgan fingerprint density at radius 1 is 1.15 bits per heavy atom. The summed E-state index contributed by atoms with van der Waals surface area (Å²) in [6.07, 6.45) is 1.01. The Bertz CT molecular complexity index is 669. The molecule has 1 aliphatic rings. The lowest BCUT2D eigenvalue weighted by Gasteiger charge is -2.31. The zero-order chi connectivity index (χ0) is 14.1. The first-order valence-electron chi connectivity index (χ1n) is 6.56. The van der Waals surface area contributed by atoms with E-state index in [9.17, 15) is 0 Å². The van der Waals surface area contributed by atoms with Crippen LogP contribution >= 0.6 is 23.8 Å². The number of nitrogens with two attached hydrogens (primary N) is 1. The summed E-state index contributed by atoms with van der Waals surface area (Å²) in [6.45, 7) is 1.75. The van der Waals surface area contributed by atoms with Gasteiger partial charge >= 0.3 is 0 Å². The highest BCUT2D eigenvalue weighted by molar-refractivity contribution is 7.80. The van der Waals surface area contributed by atoms with Crippen LogP contribution in [0.1, 0.15) is 16.7 Å². The fourth-order valence-corrected chi connectivity index (χ4v) is 3.06. The minimum Gasteiger partial charge on any atom is -0.398 e. The second kappa shape index (κ2) is 5.43. The molecule has 20 heavy (non-hydrogen) atoms. The van der Waals surface area contributed by atoms with Crippen LogP contribution in [0.15, 0.2) is 42.5 Å². The van der Waals surface area contributed by atoms with Crippen molar-refractivity contribution >= 4 is 34.5 Å². The highest BCUT2D eigenvalue weighted by Crippen LogP contribution is 2.24. The van der Waals surface area contributed by atoms with Crippen molar-refractivity contribution in [1.82, 2.24) is 4.90 Å². The van der Waals surface area contributed by atoms with Crippen LogP contribution in [0, 0.1) is 0 Å². The molecule has 1 aliphatic heterocycles. The Morgan fingerprint density at radius 3 is 2.70 bits per heavy atom. The smallest absolute Gasteiger partial charge is 0.111 e. The minimum absolute atomic E-state index is 0.661. The molecule has 0 atom stereocenters. The number of halogens is 1. The number of hydrogen-bond acceptors (Lipinski definition) is 2. The van der Waals surface area contributed by atoms with E-state index < -0.39 is 0 Å². The average Bonchev–Trinajstić information content (AvgIpc) is 2.48. The van der Waals surface area contributed by atoms with Gasteiger partial charge in [0.15, 0.2) is 0 Å². The molecule has 0 fully saturated rings. The number of benzene rings is 2. The molecule has 2 N–H and O–H groups in total. The third kappa shape index (κ3) is 2.51. The van der Waals surface area contributed by atoms with Gasteiger partial charge in [-0.25, -0.2) is 0 Å². The molecule has 102 valence electrons. The van der Waals surface area contributed by atoms with Crippen LogP contribution in [0.4, 0.5) is 5.69 Å². The number of rotatable bonds is 1. The van der Waals surface area contributed by atoms with Crippen LogP contribution in [-0.2, 0) is 13.0 Å². The maximum absolute atomic E-state index is 6.05. The zero-order valence-electron chi connectivity index (χ0n) is 11.0. The second-order valence-corrected chi connectivity index (χ2v) is 5.80. The van der Waals surface area contributed by atoms with Gasteiger partial charge < -0.3 is 10.6 Å². The molecule has 2 aromatic carbocycles. The van der Waals surface area contributed by atoms with Gasteiger partial charge in [0.25, 0.3) is 0 Å². The van der Waals surface area contributed by atoms with Crippen molar-refractivity contribution < 1.29 is 0 Å². The minimum atomic E-state index is 0.661. The fourth-order valence-electron chi connectivity index (χ4n) is 2.55. The lowest BCUT2D eigenvalue weighted by atomic mass is 9.99. The van der Waals surface area contributed by atoms with Crippen LogP contribution < -0.4 is 5.73 Å². The Morgan fingerprint density at radius 2 is 1.90 bits per heavy atom. The molecule has 2 nitrogen and oxygen atoms in total.